The molecule has 0 spiro atoms. The standard InChI is InChI=1S/C6H9NO4/c8-3-6(5(10)11)2-1-4(9)7-6/h8H,1-3H2,(H,7,9)(H,10,11)/t6-/m1/s1. The van der Waals surface area contributed by atoms with Gasteiger partial charge in [-0.25, -0.2) is 4.79 Å². The molecule has 0 aromatic heterocycles. The topological polar surface area (TPSA) is 86.6 Å². The van der Waals surface area contributed by atoms with Crippen molar-refractivity contribution in [2.24, 2.45) is 0 Å². The summed E-state index contributed by atoms with van der Waals surface area (Å²) in [6.45, 7) is -0.548. The summed E-state index contributed by atoms with van der Waals surface area (Å²) in [7, 11) is 0. The van der Waals surface area contributed by atoms with Crippen LogP contribution in [-0.4, -0.2) is 34.2 Å². The molecule has 1 aliphatic heterocycles. The van der Waals surface area contributed by atoms with Crippen molar-refractivity contribution in [2.75, 3.05) is 6.61 Å². The molecule has 5 nitrogen and oxygen atoms in total. The fraction of sp³-hybridized carbons (Fsp3) is 0.667. The monoisotopic (exact) mass is 159 g/mol. The summed E-state index contributed by atoms with van der Waals surface area (Å²) in [6.07, 6.45) is 0.338. The number of carboxylic acid groups (broad SMARTS) is 1. The Kier molecular flexibility index (Phi) is 1.82. The van der Waals surface area contributed by atoms with Crippen molar-refractivity contribution < 1.29 is 19.8 Å². The van der Waals surface area contributed by atoms with E-state index in [1.165, 1.54) is 0 Å². The minimum absolute atomic E-state index is 0.164. The average Bonchev–Trinajstić information content (AvgIpc) is 2.33. The van der Waals surface area contributed by atoms with E-state index in [9.17, 15) is 9.59 Å². The minimum atomic E-state index is -1.42. The molecule has 1 saturated heterocycles. The van der Waals surface area contributed by atoms with Gasteiger partial charge < -0.3 is 15.5 Å². The number of hydrogen-bond donors (Lipinski definition) is 3. The Balaban J connectivity index is 2.78. The van der Waals surface area contributed by atoms with Crippen molar-refractivity contribution in [3.63, 3.8) is 0 Å². The fourth-order valence-electron chi connectivity index (χ4n) is 1.07. The maximum Gasteiger partial charge on any atom is 0.331 e. The molecule has 5 heteroatoms. The Morgan fingerprint density at radius 3 is 2.55 bits per heavy atom. The molecule has 0 radical (unpaired) electrons. The van der Waals surface area contributed by atoms with E-state index >= 15 is 0 Å². The van der Waals surface area contributed by atoms with Crippen LogP contribution < -0.4 is 5.32 Å². The summed E-state index contributed by atoms with van der Waals surface area (Å²) in [5, 5.41) is 19.5. The summed E-state index contributed by atoms with van der Waals surface area (Å²) in [6, 6.07) is 0. The van der Waals surface area contributed by atoms with Crippen LogP contribution >= 0.6 is 0 Å². The third-order valence-corrected chi connectivity index (χ3v) is 1.84. The van der Waals surface area contributed by atoms with Crippen LogP contribution in [0.2, 0.25) is 0 Å². The molecule has 1 fully saturated rings. The predicted molar refractivity (Wildman–Crippen MR) is 34.8 cm³/mol. The van der Waals surface area contributed by atoms with Gasteiger partial charge in [0.2, 0.25) is 5.91 Å². The van der Waals surface area contributed by atoms with Gasteiger partial charge in [-0.1, -0.05) is 0 Å². The third-order valence-electron chi connectivity index (χ3n) is 1.84. The second-order valence-electron chi connectivity index (χ2n) is 2.59. The van der Waals surface area contributed by atoms with Crippen molar-refractivity contribution in [2.45, 2.75) is 18.4 Å². The van der Waals surface area contributed by atoms with Crippen LogP contribution in [-0.2, 0) is 9.59 Å². The Bertz CT molecular complexity index is 203. The maximum absolute atomic E-state index is 10.6. The lowest BCUT2D eigenvalue weighted by Crippen LogP contribution is -2.51. The van der Waals surface area contributed by atoms with E-state index < -0.39 is 18.1 Å². The number of aliphatic hydroxyl groups excluding tert-OH is 1. The number of carbonyl (C=O) groups excluding carboxylic acids is 1. The molecule has 0 bridgehead atoms. The molecule has 1 rings (SSSR count). The number of aliphatic carboxylic acids is 1. The van der Waals surface area contributed by atoms with Crippen LogP contribution in [0.15, 0.2) is 0 Å². The molecule has 11 heavy (non-hydrogen) atoms. The number of carboxylic acids is 1. The second kappa shape index (κ2) is 2.50. The van der Waals surface area contributed by atoms with Gasteiger partial charge in [0.15, 0.2) is 5.54 Å². The number of nitrogens with one attached hydrogen (secondary N) is 1. The molecular weight excluding hydrogens is 150 g/mol. The van der Waals surface area contributed by atoms with Crippen LogP contribution in [0.4, 0.5) is 0 Å². The highest BCUT2D eigenvalue weighted by Crippen LogP contribution is 2.19. The minimum Gasteiger partial charge on any atom is -0.479 e. The maximum atomic E-state index is 10.6. The third kappa shape index (κ3) is 1.19. The summed E-state index contributed by atoms with van der Waals surface area (Å²) < 4.78 is 0. The molecule has 0 aromatic carbocycles. The average molecular weight is 159 g/mol. The zero-order chi connectivity index (χ0) is 8.48. The summed E-state index contributed by atoms with van der Waals surface area (Å²) in [5.41, 5.74) is -1.42. The van der Waals surface area contributed by atoms with Crippen molar-refractivity contribution in [1.82, 2.24) is 5.32 Å². The van der Waals surface area contributed by atoms with Gasteiger partial charge in [0, 0.05) is 6.42 Å². The quantitative estimate of drug-likeness (QED) is 0.468. The zero-order valence-corrected chi connectivity index (χ0v) is 5.83. The molecule has 62 valence electrons. The van der Waals surface area contributed by atoms with Crippen molar-refractivity contribution >= 4 is 11.9 Å². The van der Waals surface area contributed by atoms with E-state index in [1.54, 1.807) is 0 Å². The van der Waals surface area contributed by atoms with Crippen LogP contribution in [0.1, 0.15) is 12.8 Å². The number of hydrogen-bond acceptors (Lipinski definition) is 3. The number of carbonyl (C=O) groups is 2. The van der Waals surface area contributed by atoms with Gasteiger partial charge in [-0.3, -0.25) is 4.79 Å². The number of amides is 1. The smallest absolute Gasteiger partial charge is 0.331 e. The molecule has 1 atom stereocenters. The molecule has 0 aliphatic carbocycles. The number of aliphatic hydroxyl groups is 1. The van der Waals surface area contributed by atoms with Crippen LogP contribution in [0, 0.1) is 0 Å². The lowest BCUT2D eigenvalue weighted by atomic mass is 9.99. The Morgan fingerprint density at radius 1 is 1.73 bits per heavy atom. The lowest BCUT2D eigenvalue weighted by Gasteiger charge is -2.20. The molecule has 0 aromatic rings. The molecule has 1 aliphatic rings. The van der Waals surface area contributed by atoms with E-state index in [4.69, 9.17) is 10.2 Å². The van der Waals surface area contributed by atoms with E-state index in [-0.39, 0.29) is 18.7 Å². The van der Waals surface area contributed by atoms with E-state index in [0.29, 0.717) is 0 Å². The van der Waals surface area contributed by atoms with Gasteiger partial charge in [0.05, 0.1) is 6.61 Å². The van der Waals surface area contributed by atoms with Gasteiger partial charge >= 0.3 is 5.97 Å². The van der Waals surface area contributed by atoms with E-state index in [1.807, 2.05) is 0 Å². The van der Waals surface area contributed by atoms with Gasteiger partial charge in [-0.2, -0.15) is 0 Å². The Labute approximate surface area is 63.0 Å². The van der Waals surface area contributed by atoms with Crippen LogP contribution in [0.5, 0.6) is 0 Å². The van der Waals surface area contributed by atoms with Gasteiger partial charge in [-0.15, -0.1) is 0 Å². The van der Waals surface area contributed by atoms with Crippen molar-refractivity contribution in [3.8, 4) is 0 Å². The Morgan fingerprint density at radius 2 is 2.36 bits per heavy atom. The highest BCUT2D eigenvalue weighted by atomic mass is 16.4. The first-order valence-electron chi connectivity index (χ1n) is 3.26. The van der Waals surface area contributed by atoms with Crippen LogP contribution in [0.3, 0.4) is 0 Å². The second-order valence-corrected chi connectivity index (χ2v) is 2.59. The zero-order valence-electron chi connectivity index (χ0n) is 5.83. The largest absolute Gasteiger partial charge is 0.479 e. The summed E-state index contributed by atoms with van der Waals surface area (Å²) >= 11 is 0. The molecule has 1 amide bonds. The van der Waals surface area contributed by atoms with E-state index in [0.717, 1.165) is 0 Å². The van der Waals surface area contributed by atoms with Gasteiger partial charge in [0.25, 0.3) is 0 Å². The molecule has 3 N–H and O–H groups in total. The Hall–Kier alpha value is -1.10. The molecular formula is C6H9NO4. The van der Waals surface area contributed by atoms with E-state index in [2.05, 4.69) is 5.32 Å². The molecule has 0 unspecified atom stereocenters. The normalized spacial score (nSPS) is 30.1. The molecule has 0 saturated carbocycles. The number of rotatable bonds is 2. The summed E-state index contributed by atoms with van der Waals surface area (Å²) in [5.74, 6) is -1.49. The predicted octanol–water partition coefficient (Wildman–Crippen LogP) is -1.29. The highest BCUT2D eigenvalue weighted by Gasteiger charge is 2.44. The first kappa shape index (κ1) is 8.00. The first-order chi connectivity index (χ1) is 5.10. The highest BCUT2D eigenvalue weighted by molar-refractivity contribution is 5.90. The van der Waals surface area contributed by atoms with Crippen molar-refractivity contribution in [1.29, 1.82) is 0 Å². The van der Waals surface area contributed by atoms with Gasteiger partial charge in [-0.05, 0) is 6.42 Å². The SMILES string of the molecule is O=C1CC[C@@](CO)(C(=O)O)N1. The van der Waals surface area contributed by atoms with Crippen molar-refractivity contribution in [3.05, 3.63) is 0 Å². The first-order valence-corrected chi connectivity index (χ1v) is 3.26. The van der Waals surface area contributed by atoms with Gasteiger partial charge in [0.1, 0.15) is 0 Å². The van der Waals surface area contributed by atoms with Crippen LogP contribution in [0.25, 0.3) is 0 Å². The molecule has 1 heterocycles. The summed E-state index contributed by atoms with van der Waals surface area (Å²) in [4.78, 5) is 21.2. The lowest BCUT2D eigenvalue weighted by molar-refractivity contribution is -0.147. The fourth-order valence-corrected chi connectivity index (χ4v) is 1.07.